The number of alkyl halides is 4. The minimum absolute atomic E-state index is 0.00648. The Hall–Kier alpha value is -6.28. The lowest BCUT2D eigenvalue weighted by Crippen LogP contribution is -2.64. The zero-order valence-corrected chi connectivity index (χ0v) is 59.1. The molecule has 12 amide bonds. The maximum atomic E-state index is 15.1. The Kier molecular flexibility index (Phi) is 28.4. The van der Waals surface area contributed by atoms with Gasteiger partial charge in [0.05, 0.1) is 32.0 Å². The van der Waals surface area contributed by atoms with Crippen LogP contribution < -0.4 is 10.6 Å². The second-order valence-electron chi connectivity index (χ2n) is 28.3. The monoisotopic (exact) mass is 1350 g/mol. The lowest BCUT2D eigenvalue weighted by molar-refractivity contribution is -0.182. The number of halogens is 4. The fraction of sp³-hybridized carbons (Fsp3) is 0.818. The molecule has 5 rings (SSSR count). The first-order valence-corrected chi connectivity index (χ1v) is 34.3. The van der Waals surface area contributed by atoms with Crippen LogP contribution in [0.15, 0.2) is 0 Å². The number of likely N-dealkylation sites (N-methyl/N-ethyl adjacent to an activating group) is 8. The van der Waals surface area contributed by atoms with Gasteiger partial charge in [0.15, 0.2) is 0 Å². The number of likely N-dealkylation sites (tertiary alicyclic amines) is 1. The van der Waals surface area contributed by atoms with Crippen LogP contribution >= 0.6 is 11.6 Å². The van der Waals surface area contributed by atoms with Crippen LogP contribution in [0.25, 0.3) is 0 Å². The van der Waals surface area contributed by atoms with E-state index >= 15 is 14.4 Å². The highest BCUT2D eigenvalue weighted by Crippen LogP contribution is 2.44. The highest BCUT2D eigenvalue weighted by atomic mass is 35.5. The molecule has 5 fully saturated rings. The number of fused-ring (bicyclic) bond motifs is 1. The summed E-state index contributed by atoms with van der Waals surface area (Å²) in [5, 5.41) is 4.36. The quantitative estimate of drug-likeness (QED) is 0.306. The van der Waals surface area contributed by atoms with Crippen molar-refractivity contribution in [3.63, 3.8) is 0 Å². The molecule has 3 unspecified atom stereocenters. The lowest BCUT2D eigenvalue weighted by Gasteiger charge is -2.43. The fourth-order valence-corrected chi connectivity index (χ4v) is 14.5. The molecule has 24 nitrogen and oxygen atoms in total. The molecule has 0 bridgehead atoms. The summed E-state index contributed by atoms with van der Waals surface area (Å²) in [6.45, 7) is 10.5. The molecule has 0 spiro atoms. The van der Waals surface area contributed by atoms with Crippen molar-refractivity contribution in [2.24, 2.45) is 29.6 Å². The van der Waals surface area contributed by atoms with E-state index in [2.05, 4.69) is 10.6 Å². The minimum Gasteiger partial charge on any atom is -0.343 e. The summed E-state index contributed by atoms with van der Waals surface area (Å²) in [4.78, 5) is 188. The van der Waals surface area contributed by atoms with E-state index in [1.807, 2.05) is 6.92 Å². The number of nitrogens with zero attached hydrogens (tertiary/aromatic N) is 10. The molecule has 28 heteroatoms. The van der Waals surface area contributed by atoms with E-state index in [-0.39, 0.29) is 63.3 Å². The Morgan fingerprint density at radius 2 is 1.21 bits per heavy atom. The normalized spacial score (nSPS) is 29.5. The lowest BCUT2D eigenvalue weighted by atomic mass is 9.78. The average molecular weight is 1350 g/mol. The third-order valence-corrected chi connectivity index (χ3v) is 21.4. The smallest absolute Gasteiger partial charge is 0.343 e. The molecule has 3 heterocycles. The number of amides is 12. The number of carbonyl (C=O) groups is 12. The number of nitrogens with one attached hydrogen (secondary N) is 2. The average Bonchev–Trinajstić information content (AvgIpc) is 1.02. The second kappa shape index (κ2) is 34.1. The van der Waals surface area contributed by atoms with E-state index < -0.39 is 174 Å². The molecule has 5 aliphatic rings. The summed E-state index contributed by atoms with van der Waals surface area (Å²) in [6, 6.07) is -8.73. The SMILES string of the molecule is CC[C@H](C)[C@@H]1NC(=O)[C@H](C)N(C)C(=O)C[C@@H](C(=O)N2CCCCC2)N(C)C(=O)[C@H](C(C)C)N(C)C(=O)C(C)(C)N(C)C(=O)[C@@H]2CCCN2C(=O)[C@H](CCC2CCC(C(F)(F)F)C(Cl)C2)NC(=O)CN(C)C(=O)[C@H](CC2CCCCC2)N(C)C(=O)CN(C)C(=O)CN(C)C1=O. The van der Waals surface area contributed by atoms with Crippen LogP contribution in [-0.4, -0.2) is 275 Å². The maximum absolute atomic E-state index is 15.1. The fourth-order valence-electron chi connectivity index (χ4n) is 14.0. The largest absolute Gasteiger partial charge is 0.393 e. The molecule has 94 heavy (non-hydrogen) atoms. The Bertz CT molecular complexity index is 2730. The van der Waals surface area contributed by atoms with Crippen LogP contribution in [0.4, 0.5) is 13.2 Å². The first-order valence-electron chi connectivity index (χ1n) is 33.8. The van der Waals surface area contributed by atoms with Crippen molar-refractivity contribution in [1.82, 2.24) is 59.6 Å². The van der Waals surface area contributed by atoms with E-state index in [0.717, 1.165) is 63.0 Å². The van der Waals surface area contributed by atoms with Crippen LogP contribution in [0.1, 0.15) is 164 Å². The van der Waals surface area contributed by atoms with Gasteiger partial charge in [-0.2, -0.15) is 13.2 Å². The Morgan fingerprint density at radius 1 is 0.617 bits per heavy atom. The summed E-state index contributed by atoms with van der Waals surface area (Å²) >= 11 is 6.36. The molecule has 532 valence electrons. The summed E-state index contributed by atoms with van der Waals surface area (Å²) < 4.78 is 41.8. The molecular formula is C66H108ClF3N12O12. The van der Waals surface area contributed by atoms with Crippen LogP contribution in [0.5, 0.6) is 0 Å². The van der Waals surface area contributed by atoms with Gasteiger partial charge in [0.25, 0.3) is 0 Å². The minimum atomic E-state index is -4.51. The maximum Gasteiger partial charge on any atom is 0.393 e. The van der Waals surface area contributed by atoms with Gasteiger partial charge in [-0.3, -0.25) is 57.5 Å². The van der Waals surface area contributed by atoms with Gasteiger partial charge in [-0.1, -0.05) is 66.2 Å². The molecule has 2 aliphatic carbocycles. The summed E-state index contributed by atoms with van der Waals surface area (Å²) in [7, 11) is 11.1. The van der Waals surface area contributed by atoms with Gasteiger partial charge in [0, 0.05) is 81.4 Å². The van der Waals surface area contributed by atoms with Gasteiger partial charge in [-0.05, 0) is 115 Å². The van der Waals surface area contributed by atoms with Crippen LogP contribution in [-0.2, 0) is 57.5 Å². The number of hydrogen-bond acceptors (Lipinski definition) is 12. The standard InChI is InChI=1S/C66H108ClF3N12O12/c1-16-41(4)55-62(92)75(10)38-53(85)73(8)39-54(86)77(12)49(35-43-24-19-17-20-25-43)59(89)74(9)37-51(83)71-47(30-28-44-27-29-45(46(67)34-44)66(68,69)70)58(88)82-33-23-26-48(82)60(90)80(15)65(6,7)64(94)79(14)56(40(2)3)63(93)78(13)50(61(91)81-31-21-18-22-32-81)36-52(84)76(11)42(5)57(87)72-55/h40-50,55-56H,16-39H2,1-15H3,(H,71,83)(H,72,87)/t41-,42-,44?,45?,46?,47-,48-,49-,50-,55-,56-/m0/s1. The van der Waals surface area contributed by atoms with Gasteiger partial charge >= 0.3 is 6.18 Å². The van der Waals surface area contributed by atoms with Crippen molar-refractivity contribution in [2.45, 2.75) is 223 Å². The van der Waals surface area contributed by atoms with Crippen molar-refractivity contribution < 1.29 is 70.7 Å². The molecule has 3 saturated heterocycles. The van der Waals surface area contributed by atoms with Crippen molar-refractivity contribution in [3.8, 4) is 0 Å². The van der Waals surface area contributed by atoms with E-state index in [1.54, 1.807) is 25.7 Å². The predicted molar refractivity (Wildman–Crippen MR) is 347 cm³/mol. The van der Waals surface area contributed by atoms with Gasteiger partial charge < -0.3 is 59.6 Å². The van der Waals surface area contributed by atoms with Gasteiger partial charge in [-0.15, -0.1) is 11.6 Å². The Labute approximate surface area is 559 Å². The molecule has 2 saturated carbocycles. The number of carbonyl (C=O) groups excluding carboxylic acids is 12. The molecule has 0 aromatic heterocycles. The molecule has 0 aromatic carbocycles. The second-order valence-corrected chi connectivity index (χ2v) is 28.9. The zero-order chi connectivity index (χ0) is 70.6. The first kappa shape index (κ1) is 78.4. The highest BCUT2D eigenvalue weighted by molar-refractivity contribution is 6.20. The third-order valence-electron chi connectivity index (χ3n) is 20.9. The van der Waals surface area contributed by atoms with Gasteiger partial charge in [-0.25, -0.2) is 0 Å². The number of piperidine rings is 1. The topological polar surface area (TPSA) is 261 Å². The Morgan fingerprint density at radius 3 is 1.80 bits per heavy atom. The van der Waals surface area contributed by atoms with Crippen molar-refractivity contribution in [3.05, 3.63) is 0 Å². The zero-order valence-electron chi connectivity index (χ0n) is 58.4. The molecule has 2 N–H and O–H groups in total. The van der Waals surface area contributed by atoms with Gasteiger partial charge in [0.2, 0.25) is 70.9 Å². The highest BCUT2D eigenvalue weighted by Gasteiger charge is 2.50. The first-order chi connectivity index (χ1) is 43.9. The van der Waals surface area contributed by atoms with Crippen molar-refractivity contribution in [2.75, 3.05) is 95.6 Å². The molecule has 11 atom stereocenters. The Balaban J connectivity index is 1.56. The van der Waals surface area contributed by atoms with Crippen LogP contribution in [0.3, 0.4) is 0 Å². The van der Waals surface area contributed by atoms with Crippen molar-refractivity contribution in [1.29, 1.82) is 0 Å². The van der Waals surface area contributed by atoms with E-state index in [9.17, 15) is 56.3 Å². The summed E-state index contributed by atoms with van der Waals surface area (Å²) in [6.07, 6.45) is 2.64. The molecule has 3 aliphatic heterocycles. The van der Waals surface area contributed by atoms with Crippen LogP contribution in [0, 0.1) is 29.6 Å². The number of hydrogen-bond donors (Lipinski definition) is 2. The van der Waals surface area contributed by atoms with Crippen molar-refractivity contribution >= 4 is 82.5 Å². The van der Waals surface area contributed by atoms with Gasteiger partial charge in [0.1, 0.15) is 47.8 Å². The third kappa shape index (κ3) is 19.5. The van der Waals surface area contributed by atoms with E-state index in [1.165, 1.54) is 96.8 Å². The molecule has 0 radical (unpaired) electrons. The molecule has 0 aromatic rings. The van der Waals surface area contributed by atoms with E-state index in [4.69, 9.17) is 11.6 Å². The summed E-state index contributed by atoms with van der Waals surface area (Å²) in [5.74, 6) is -11.1. The van der Waals surface area contributed by atoms with E-state index in [0.29, 0.717) is 38.8 Å². The molecular weight excluding hydrogens is 1250 g/mol. The number of rotatable bonds is 9. The van der Waals surface area contributed by atoms with Crippen LogP contribution in [0.2, 0.25) is 0 Å². The summed E-state index contributed by atoms with van der Waals surface area (Å²) in [5.41, 5.74) is -1.71. The predicted octanol–water partition coefficient (Wildman–Crippen LogP) is 4.34.